The lowest BCUT2D eigenvalue weighted by atomic mass is 9.55. The van der Waals surface area contributed by atoms with Crippen LogP contribution in [0, 0.1) is 22.7 Å². The minimum absolute atomic E-state index is 0.0944. The third-order valence-electron chi connectivity index (χ3n) is 10.4. The SMILES string of the molecule is C[C@]12CC[C@@H]3c4ccc(O)cc4CC[C@H]3[C@@H]1C[C@@](CO)(CCCCCCNCCc1ccccn1)[C@@H]2O. The third kappa shape index (κ3) is 5.32. The minimum Gasteiger partial charge on any atom is -0.508 e. The molecule has 0 bridgehead atoms. The maximum Gasteiger partial charge on any atom is 0.115 e. The first-order valence-electron chi connectivity index (χ1n) is 14.7. The lowest BCUT2D eigenvalue weighted by Gasteiger charge is -2.50. The molecule has 4 N–H and O–H groups in total. The van der Waals surface area contributed by atoms with Crippen molar-refractivity contribution in [3.63, 3.8) is 0 Å². The van der Waals surface area contributed by atoms with Crippen LogP contribution in [0.25, 0.3) is 0 Å². The second kappa shape index (κ2) is 11.4. The van der Waals surface area contributed by atoms with E-state index in [2.05, 4.69) is 29.4 Å². The fourth-order valence-corrected chi connectivity index (χ4v) is 8.33. The van der Waals surface area contributed by atoms with Crippen molar-refractivity contribution in [1.29, 1.82) is 0 Å². The number of hydrogen-bond acceptors (Lipinski definition) is 5. The molecule has 202 valence electrons. The molecule has 6 atom stereocenters. The highest BCUT2D eigenvalue weighted by atomic mass is 16.3. The number of pyridine rings is 1. The van der Waals surface area contributed by atoms with E-state index in [4.69, 9.17) is 0 Å². The number of nitrogens with zero attached hydrogens (tertiary/aromatic N) is 1. The second-order valence-electron chi connectivity index (χ2n) is 12.5. The van der Waals surface area contributed by atoms with Gasteiger partial charge in [-0.25, -0.2) is 0 Å². The summed E-state index contributed by atoms with van der Waals surface area (Å²) in [6.45, 7) is 4.39. The van der Waals surface area contributed by atoms with Gasteiger partial charge in [-0.05, 0) is 110 Å². The first kappa shape index (κ1) is 26.6. The molecule has 5 rings (SSSR count). The summed E-state index contributed by atoms with van der Waals surface area (Å²) in [5, 5.41) is 35.8. The molecule has 2 aromatic rings. The summed E-state index contributed by atoms with van der Waals surface area (Å²) in [6.07, 6.45) is 13.1. The molecular formula is C32H46N2O3. The zero-order chi connectivity index (χ0) is 25.9. The number of aliphatic hydroxyl groups is 2. The highest BCUT2D eigenvalue weighted by Crippen LogP contribution is 2.66. The van der Waals surface area contributed by atoms with E-state index in [1.54, 1.807) is 0 Å². The lowest BCUT2D eigenvalue weighted by Crippen LogP contribution is -2.46. The number of nitrogens with one attached hydrogen (secondary N) is 1. The van der Waals surface area contributed by atoms with Gasteiger partial charge < -0.3 is 20.6 Å². The second-order valence-corrected chi connectivity index (χ2v) is 12.5. The van der Waals surface area contributed by atoms with Gasteiger partial charge in [0.2, 0.25) is 0 Å². The smallest absolute Gasteiger partial charge is 0.115 e. The number of phenolic OH excluding ortho intramolecular Hbond substituents is 1. The van der Waals surface area contributed by atoms with Gasteiger partial charge >= 0.3 is 0 Å². The molecule has 5 nitrogen and oxygen atoms in total. The number of aryl methyl sites for hydroxylation is 1. The number of aliphatic hydroxyl groups excluding tert-OH is 2. The number of fused-ring (bicyclic) bond motifs is 5. The van der Waals surface area contributed by atoms with E-state index in [-0.39, 0.29) is 17.4 Å². The van der Waals surface area contributed by atoms with E-state index in [0.717, 1.165) is 83.0 Å². The highest BCUT2D eigenvalue weighted by molar-refractivity contribution is 5.40. The van der Waals surface area contributed by atoms with Gasteiger partial charge in [-0.3, -0.25) is 4.98 Å². The molecule has 0 aliphatic heterocycles. The Balaban J connectivity index is 1.11. The number of unbranched alkanes of at least 4 members (excludes halogenated alkanes) is 3. The summed E-state index contributed by atoms with van der Waals surface area (Å²) in [6, 6.07) is 12.0. The molecule has 0 spiro atoms. The Bertz CT molecular complexity index is 1030. The molecule has 37 heavy (non-hydrogen) atoms. The molecule has 3 aliphatic rings. The Morgan fingerprint density at radius 3 is 2.73 bits per heavy atom. The van der Waals surface area contributed by atoms with Gasteiger partial charge in [-0.2, -0.15) is 0 Å². The van der Waals surface area contributed by atoms with Gasteiger partial charge in [0.1, 0.15) is 5.75 Å². The summed E-state index contributed by atoms with van der Waals surface area (Å²) < 4.78 is 0. The van der Waals surface area contributed by atoms with E-state index >= 15 is 0 Å². The van der Waals surface area contributed by atoms with Crippen LogP contribution in [0.15, 0.2) is 42.6 Å². The van der Waals surface area contributed by atoms with E-state index in [1.807, 2.05) is 30.5 Å². The summed E-state index contributed by atoms with van der Waals surface area (Å²) in [7, 11) is 0. The van der Waals surface area contributed by atoms with Crippen molar-refractivity contribution in [3.05, 3.63) is 59.4 Å². The number of aromatic nitrogens is 1. The van der Waals surface area contributed by atoms with Crippen LogP contribution < -0.4 is 5.32 Å². The number of phenols is 1. The summed E-state index contributed by atoms with van der Waals surface area (Å²) in [4.78, 5) is 4.37. The largest absolute Gasteiger partial charge is 0.508 e. The molecule has 2 fully saturated rings. The highest BCUT2D eigenvalue weighted by Gasteiger charge is 2.63. The maximum atomic E-state index is 11.7. The van der Waals surface area contributed by atoms with Gasteiger partial charge in [0.15, 0.2) is 0 Å². The van der Waals surface area contributed by atoms with Gasteiger partial charge in [-0.15, -0.1) is 0 Å². The first-order valence-corrected chi connectivity index (χ1v) is 14.7. The van der Waals surface area contributed by atoms with Gasteiger partial charge in [0.25, 0.3) is 0 Å². The van der Waals surface area contributed by atoms with Crippen molar-refractivity contribution in [2.45, 2.75) is 89.6 Å². The summed E-state index contributed by atoms with van der Waals surface area (Å²) in [5.74, 6) is 1.91. The third-order valence-corrected chi connectivity index (χ3v) is 10.4. The Hall–Kier alpha value is -1.95. The molecule has 1 aromatic heterocycles. The van der Waals surface area contributed by atoms with Crippen LogP contribution in [0.3, 0.4) is 0 Å². The van der Waals surface area contributed by atoms with Crippen molar-refractivity contribution in [2.24, 2.45) is 22.7 Å². The molecule has 2 saturated carbocycles. The summed E-state index contributed by atoms with van der Waals surface area (Å²) >= 11 is 0. The number of rotatable bonds is 11. The van der Waals surface area contributed by atoms with Crippen molar-refractivity contribution in [2.75, 3.05) is 19.7 Å². The number of hydrogen-bond donors (Lipinski definition) is 4. The molecule has 0 unspecified atom stereocenters. The molecular weight excluding hydrogens is 460 g/mol. The molecule has 3 aliphatic carbocycles. The standard InChI is InChI=1S/C32H46N2O3/c1-31-16-13-27-26-12-10-25(36)20-23(26)9-11-28(27)29(31)21-32(22-35,30(31)37)15-5-2-3-6-17-33-19-14-24-8-4-7-18-34-24/h4,7-8,10,12,18,20,27-30,33,35-37H,2-3,5-6,9,11,13-17,19,21-22H2,1H3/t27-,28-,29+,30-,31+,32-/m1/s1. The van der Waals surface area contributed by atoms with E-state index in [9.17, 15) is 15.3 Å². The van der Waals surface area contributed by atoms with Crippen LogP contribution >= 0.6 is 0 Å². The number of aromatic hydroxyl groups is 1. The van der Waals surface area contributed by atoms with E-state index < -0.39 is 6.10 Å². The van der Waals surface area contributed by atoms with Gasteiger partial charge in [0, 0.05) is 30.3 Å². The van der Waals surface area contributed by atoms with Crippen LogP contribution in [0.5, 0.6) is 5.75 Å². The van der Waals surface area contributed by atoms with E-state index in [1.165, 1.54) is 17.5 Å². The molecule has 5 heteroatoms. The van der Waals surface area contributed by atoms with Crippen LogP contribution in [0.2, 0.25) is 0 Å². The average Bonchev–Trinajstić information content (AvgIpc) is 3.15. The predicted molar refractivity (Wildman–Crippen MR) is 148 cm³/mol. The monoisotopic (exact) mass is 506 g/mol. The quantitative estimate of drug-likeness (QED) is 0.308. The zero-order valence-corrected chi connectivity index (χ0v) is 22.5. The predicted octanol–water partition coefficient (Wildman–Crippen LogP) is 5.38. The van der Waals surface area contributed by atoms with Crippen LogP contribution in [-0.4, -0.2) is 46.1 Å². The normalized spacial score (nSPS) is 32.5. The average molecular weight is 507 g/mol. The fourth-order valence-electron chi connectivity index (χ4n) is 8.33. The Labute approximate surface area is 222 Å². The van der Waals surface area contributed by atoms with Gasteiger partial charge in [-0.1, -0.05) is 38.3 Å². The van der Waals surface area contributed by atoms with Crippen molar-refractivity contribution >= 4 is 0 Å². The fraction of sp³-hybridized carbons (Fsp3) is 0.656. The first-order chi connectivity index (χ1) is 18.0. The molecule has 0 saturated heterocycles. The molecule has 1 heterocycles. The Kier molecular flexibility index (Phi) is 8.23. The Morgan fingerprint density at radius 1 is 1.05 bits per heavy atom. The number of benzene rings is 1. The molecule has 0 radical (unpaired) electrons. The Morgan fingerprint density at radius 2 is 1.92 bits per heavy atom. The zero-order valence-electron chi connectivity index (χ0n) is 22.5. The van der Waals surface area contributed by atoms with Crippen LogP contribution in [0.1, 0.15) is 87.4 Å². The van der Waals surface area contributed by atoms with Gasteiger partial charge in [0.05, 0.1) is 12.7 Å². The maximum absolute atomic E-state index is 11.7. The minimum atomic E-state index is -0.426. The van der Waals surface area contributed by atoms with Crippen molar-refractivity contribution in [1.82, 2.24) is 10.3 Å². The lowest BCUT2D eigenvalue weighted by molar-refractivity contribution is -0.0715. The molecule has 1 aromatic carbocycles. The topological polar surface area (TPSA) is 85.6 Å². The van der Waals surface area contributed by atoms with Crippen LogP contribution in [0.4, 0.5) is 0 Å². The van der Waals surface area contributed by atoms with Crippen molar-refractivity contribution < 1.29 is 15.3 Å². The molecule has 0 amide bonds. The van der Waals surface area contributed by atoms with Crippen molar-refractivity contribution in [3.8, 4) is 5.75 Å². The van der Waals surface area contributed by atoms with Crippen LogP contribution in [-0.2, 0) is 12.8 Å². The van der Waals surface area contributed by atoms with E-state index in [0.29, 0.717) is 23.5 Å². The summed E-state index contributed by atoms with van der Waals surface area (Å²) in [5.41, 5.74) is 3.40.